The molecular formula is C13H14O4. The topological polar surface area (TPSA) is 52.6 Å². The number of carbonyl (C=O) groups excluding carboxylic acids is 2. The summed E-state index contributed by atoms with van der Waals surface area (Å²) in [5, 5.41) is 0. The first-order chi connectivity index (χ1) is 8.20. The Hall–Kier alpha value is -1.84. The van der Waals surface area contributed by atoms with E-state index in [0.717, 1.165) is 17.5 Å². The molecule has 0 saturated heterocycles. The van der Waals surface area contributed by atoms with Crippen LogP contribution in [-0.2, 0) is 16.0 Å². The summed E-state index contributed by atoms with van der Waals surface area (Å²) in [5.74, 6) is 0.396. The molecule has 0 spiro atoms. The fraction of sp³-hybridized carbons (Fsp3) is 0.385. The van der Waals surface area contributed by atoms with Crippen molar-refractivity contribution >= 4 is 11.8 Å². The lowest BCUT2D eigenvalue weighted by atomic mass is 10.1. The van der Waals surface area contributed by atoms with Crippen molar-refractivity contribution < 1.29 is 19.1 Å². The summed E-state index contributed by atoms with van der Waals surface area (Å²) in [4.78, 5) is 22.5. The summed E-state index contributed by atoms with van der Waals surface area (Å²) in [6, 6.07) is 5.28. The number of ether oxygens (including phenoxy) is 2. The van der Waals surface area contributed by atoms with E-state index in [1.54, 1.807) is 19.1 Å². The molecule has 0 unspecified atom stereocenters. The van der Waals surface area contributed by atoms with Crippen molar-refractivity contribution in [3.63, 3.8) is 0 Å². The molecule has 4 nitrogen and oxygen atoms in total. The van der Waals surface area contributed by atoms with Gasteiger partial charge in [-0.1, -0.05) is 0 Å². The molecule has 0 N–H and O–H groups in total. The average molecular weight is 234 g/mol. The molecule has 0 saturated carbocycles. The molecule has 0 atom stereocenters. The third-order valence-corrected chi connectivity index (χ3v) is 2.66. The van der Waals surface area contributed by atoms with Crippen LogP contribution in [0.25, 0.3) is 0 Å². The smallest absolute Gasteiger partial charge is 0.344 e. The van der Waals surface area contributed by atoms with Gasteiger partial charge in [-0.05, 0) is 37.1 Å². The Balaban J connectivity index is 1.99. The van der Waals surface area contributed by atoms with Gasteiger partial charge in [0.25, 0.3) is 0 Å². The van der Waals surface area contributed by atoms with Crippen LogP contribution in [0.15, 0.2) is 18.2 Å². The van der Waals surface area contributed by atoms with Crippen molar-refractivity contribution in [3.8, 4) is 5.75 Å². The highest BCUT2D eigenvalue weighted by Crippen LogP contribution is 2.26. The lowest BCUT2D eigenvalue weighted by Crippen LogP contribution is -2.14. The zero-order valence-corrected chi connectivity index (χ0v) is 9.69. The third kappa shape index (κ3) is 2.64. The van der Waals surface area contributed by atoms with Gasteiger partial charge in [0.05, 0.1) is 6.61 Å². The largest absolute Gasteiger partial charge is 0.482 e. The highest BCUT2D eigenvalue weighted by Gasteiger charge is 2.19. The monoisotopic (exact) mass is 234 g/mol. The maximum absolute atomic E-state index is 11.4. The fourth-order valence-electron chi connectivity index (χ4n) is 1.87. The Kier molecular flexibility index (Phi) is 3.42. The van der Waals surface area contributed by atoms with E-state index in [4.69, 9.17) is 9.47 Å². The Bertz CT molecular complexity index is 451. The normalized spacial score (nSPS) is 13.4. The van der Waals surface area contributed by atoms with Gasteiger partial charge in [0, 0.05) is 12.0 Å². The van der Waals surface area contributed by atoms with Gasteiger partial charge >= 0.3 is 5.97 Å². The second-order valence-corrected chi connectivity index (χ2v) is 3.84. The fourth-order valence-corrected chi connectivity index (χ4v) is 1.87. The van der Waals surface area contributed by atoms with Gasteiger partial charge in [-0.25, -0.2) is 4.79 Å². The van der Waals surface area contributed by atoms with Gasteiger partial charge in [-0.2, -0.15) is 0 Å². The van der Waals surface area contributed by atoms with E-state index in [1.165, 1.54) is 0 Å². The third-order valence-electron chi connectivity index (χ3n) is 2.66. The van der Waals surface area contributed by atoms with Crippen LogP contribution in [0.1, 0.15) is 29.3 Å². The molecule has 1 aromatic rings. The molecule has 90 valence electrons. The lowest BCUT2D eigenvalue weighted by Gasteiger charge is -2.07. The highest BCUT2D eigenvalue weighted by atomic mass is 16.6. The lowest BCUT2D eigenvalue weighted by molar-refractivity contribution is -0.145. The number of benzene rings is 1. The van der Waals surface area contributed by atoms with Crippen molar-refractivity contribution in [1.82, 2.24) is 0 Å². The summed E-state index contributed by atoms with van der Waals surface area (Å²) in [5.41, 5.74) is 1.77. The molecule has 17 heavy (non-hydrogen) atoms. The van der Waals surface area contributed by atoms with Crippen molar-refractivity contribution in [2.24, 2.45) is 0 Å². The highest BCUT2D eigenvalue weighted by molar-refractivity contribution is 6.00. The van der Waals surface area contributed by atoms with E-state index >= 15 is 0 Å². The van der Waals surface area contributed by atoms with Crippen LogP contribution in [0, 0.1) is 0 Å². The minimum absolute atomic E-state index is 0.0967. The maximum Gasteiger partial charge on any atom is 0.344 e. The summed E-state index contributed by atoms with van der Waals surface area (Å²) >= 11 is 0. The quantitative estimate of drug-likeness (QED) is 0.745. The number of rotatable bonds is 4. The molecule has 4 heteroatoms. The van der Waals surface area contributed by atoms with E-state index in [0.29, 0.717) is 18.8 Å². The van der Waals surface area contributed by atoms with Crippen molar-refractivity contribution in [2.45, 2.75) is 19.8 Å². The summed E-state index contributed by atoms with van der Waals surface area (Å²) in [6.45, 7) is 2.00. The Morgan fingerprint density at radius 2 is 2.18 bits per heavy atom. The SMILES string of the molecule is CCOC(=O)COc1ccc2c(c1)CCC2=O. The van der Waals surface area contributed by atoms with E-state index in [9.17, 15) is 9.59 Å². The predicted octanol–water partition coefficient (Wildman–Crippen LogP) is 1.76. The number of hydrogen-bond acceptors (Lipinski definition) is 4. The van der Waals surface area contributed by atoms with Gasteiger partial charge in [0.2, 0.25) is 0 Å². The van der Waals surface area contributed by atoms with Crippen molar-refractivity contribution in [3.05, 3.63) is 29.3 Å². The van der Waals surface area contributed by atoms with Crippen molar-refractivity contribution in [2.75, 3.05) is 13.2 Å². The zero-order chi connectivity index (χ0) is 12.3. The molecule has 0 aliphatic heterocycles. The number of esters is 1. The van der Waals surface area contributed by atoms with Crippen LogP contribution < -0.4 is 4.74 Å². The number of hydrogen-bond donors (Lipinski definition) is 0. The van der Waals surface area contributed by atoms with Gasteiger partial charge < -0.3 is 9.47 Å². The van der Waals surface area contributed by atoms with E-state index in [-0.39, 0.29) is 18.4 Å². The first-order valence-electron chi connectivity index (χ1n) is 5.65. The van der Waals surface area contributed by atoms with Crippen LogP contribution in [0.5, 0.6) is 5.75 Å². The number of Topliss-reactive ketones (excluding diaryl/α,β-unsaturated/α-hetero) is 1. The molecule has 1 aliphatic rings. The number of ketones is 1. The Labute approximate surface area is 99.5 Å². The first kappa shape index (κ1) is 11.6. The number of aryl methyl sites for hydroxylation is 1. The predicted molar refractivity (Wildman–Crippen MR) is 61.2 cm³/mol. The summed E-state index contributed by atoms with van der Waals surface area (Å²) < 4.78 is 10.1. The van der Waals surface area contributed by atoms with Crippen LogP contribution >= 0.6 is 0 Å². The number of fused-ring (bicyclic) bond motifs is 1. The molecule has 0 radical (unpaired) electrons. The summed E-state index contributed by atoms with van der Waals surface area (Å²) in [6.07, 6.45) is 1.32. The van der Waals surface area contributed by atoms with Gasteiger partial charge in [0.15, 0.2) is 12.4 Å². The Morgan fingerprint density at radius 1 is 1.35 bits per heavy atom. The molecule has 1 aromatic carbocycles. The zero-order valence-electron chi connectivity index (χ0n) is 9.69. The van der Waals surface area contributed by atoms with E-state index in [2.05, 4.69) is 0 Å². The average Bonchev–Trinajstić information content (AvgIpc) is 2.69. The Morgan fingerprint density at radius 3 is 2.94 bits per heavy atom. The van der Waals surface area contributed by atoms with E-state index < -0.39 is 0 Å². The number of carbonyl (C=O) groups is 2. The summed E-state index contributed by atoms with van der Waals surface area (Å²) in [7, 11) is 0. The molecule has 2 rings (SSSR count). The second-order valence-electron chi connectivity index (χ2n) is 3.84. The molecule has 0 fully saturated rings. The maximum atomic E-state index is 11.4. The van der Waals surface area contributed by atoms with Gasteiger partial charge in [-0.3, -0.25) is 4.79 Å². The van der Waals surface area contributed by atoms with Crippen LogP contribution in [0.4, 0.5) is 0 Å². The first-order valence-corrected chi connectivity index (χ1v) is 5.65. The van der Waals surface area contributed by atoms with Crippen molar-refractivity contribution in [1.29, 1.82) is 0 Å². The van der Waals surface area contributed by atoms with Gasteiger partial charge in [0.1, 0.15) is 5.75 Å². The van der Waals surface area contributed by atoms with Crippen LogP contribution in [0.2, 0.25) is 0 Å². The molecule has 0 heterocycles. The van der Waals surface area contributed by atoms with Gasteiger partial charge in [-0.15, -0.1) is 0 Å². The van der Waals surface area contributed by atoms with Crippen LogP contribution in [-0.4, -0.2) is 25.0 Å². The molecular weight excluding hydrogens is 220 g/mol. The van der Waals surface area contributed by atoms with Crippen LogP contribution in [0.3, 0.4) is 0 Å². The molecule has 0 aromatic heterocycles. The molecule has 0 bridgehead atoms. The minimum Gasteiger partial charge on any atom is -0.482 e. The molecule has 0 amide bonds. The molecule has 1 aliphatic carbocycles. The minimum atomic E-state index is -0.385. The second kappa shape index (κ2) is 4.99. The van der Waals surface area contributed by atoms with E-state index in [1.807, 2.05) is 6.07 Å². The standard InChI is InChI=1S/C13H14O4/c1-2-16-13(15)8-17-10-4-5-11-9(7-10)3-6-12(11)14/h4-5,7H,2-3,6,8H2,1H3.